The fourth-order valence-corrected chi connectivity index (χ4v) is 1.35. The SMILES string of the molecule is C=C(NNC(=O)CN(C)C)c1ccc(O)c(O)c1O. The molecular weight excluding hydrogens is 250 g/mol. The van der Waals surface area contributed by atoms with E-state index < -0.39 is 17.2 Å². The molecule has 0 aliphatic rings. The van der Waals surface area contributed by atoms with Gasteiger partial charge in [0.25, 0.3) is 5.91 Å². The molecule has 0 bridgehead atoms. The second kappa shape index (κ2) is 5.96. The smallest absolute Gasteiger partial charge is 0.252 e. The third kappa shape index (κ3) is 3.78. The number of phenols is 3. The van der Waals surface area contributed by atoms with Gasteiger partial charge in [-0.1, -0.05) is 6.58 Å². The number of hydrazine groups is 1. The third-order valence-corrected chi connectivity index (χ3v) is 2.27. The average Bonchev–Trinajstić information content (AvgIpc) is 2.32. The van der Waals surface area contributed by atoms with Crippen molar-refractivity contribution in [2.45, 2.75) is 0 Å². The Hall–Kier alpha value is -2.41. The number of nitrogens with one attached hydrogen (secondary N) is 2. The van der Waals surface area contributed by atoms with Crippen LogP contribution in [0.1, 0.15) is 5.56 Å². The molecule has 0 unspecified atom stereocenters. The van der Waals surface area contributed by atoms with Crippen LogP contribution in [-0.2, 0) is 4.79 Å². The Labute approximate surface area is 110 Å². The lowest BCUT2D eigenvalue weighted by Gasteiger charge is -2.15. The van der Waals surface area contributed by atoms with E-state index >= 15 is 0 Å². The minimum Gasteiger partial charge on any atom is -0.504 e. The summed E-state index contributed by atoms with van der Waals surface area (Å²) in [6, 6.07) is 2.57. The molecule has 7 nitrogen and oxygen atoms in total. The summed E-state index contributed by atoms with van der Waals surface area (Å²) in [7, 11) is 3.50. The Morgan fingerprint density at radius 3 is 2.42 bits per heavy atom. The lowest BCUT2D eigenvalue weighted by molar-refractivity contribution is -0.122. The van der Waals surface area contributed by atoms with E-state index in [0.29, 0.717) is 0 Å². The molecule has 1 amide bonds. The van der Waals surface area contributed by atoms with Crippen molar-refractivity contribution in [3.05, 3.63) is 24.3 Å². The largest absolute Gasteiger partial charge is 0.504 e. The topological polar surface area (TPSA) is 105 Å². The summed E-state index contributed by atoms with van der Waals surface area (Å²) in [5.74, 6) is -1.88. The van der Waals surface area contributed by atoms with Crippen LogP contribution in [0.5, 0.6) is 17.2 Å². The fourth-order valence-electron chi connectivity index (χ4n) is 1.35. The summed E-state index contributed by atoms with van der Waals surface area (Å²) in [4.78, 5) is 13.1. The quantitative estimate of drug-likeness (QED) is 0.378. The zero-order valence-corrected chi connectivity index (χ0v) is 10.8. The lowest BCUT2D eigenvalue weighted by atomic mass is 10.1. The second-order valence-electron chi connectivity index (χ2n) is 4.22. The highest BCUT2D eigenvalue weighted by Crippen LogP contribution is 2.38. The molecule has 0 aromatic heterocycles. The second-order valence-corrected chi connectivity index (χ2v) is 4.22. The van der Waals surface area contributed by atoms with Crippen molar-refractivity contribution < 1.29 is 20.1 Å². The number of nitrogens with zero attached hydrogens (tertiary/aromatic N) is 1. The Kier molecular flexibility index (Phi) is 4.60. The summed E-state index contributed by atoms with van der Waals surface area (Å²) in [5, 5.41) is 28.2. The van der Waals surface area contributed by atoms with Gasteiger partial charge in [-0.05, 0) is 26.2 Å². The van der Waals surface area contributed by atoms with E-state index in [0.717, 1.165) is 0 Å². The number of carbonyl (C=O) groups excluding carboxylic acids is 1. The Bertz CT molecular complexity index is 500. The van der Waals surface area contributed by atoms with E-state index in [1.54, 1.807) is 19.0 Å². The molecule has 0 atom stereocenters. The van der Waals surface area contributed by atoms with E-state index in [2.05, 4.69) is 17.4 Å². The van der Waals surface area contributed by atoms with Crippen LogP contribution in [0.15, 0.2) is 18.7 Å². The standard InChI is InChI=1S/C12H17N3O4/c1-7(13-14-10(17)6-15(2)3)8-4-5-9(16)12(19)11(8)18/h4-5,13,16,18-19H,1,6H2,2-3H3,(H,14,17). The molecule has 7 heteroatoms. The molecule has 104 valence electrons. The van der Waals surface area contributed by atoms with Gasteiger partial charge in [0.05, 0.1) is 12.2 Å². The maximum atomic E-state index is 11.4. The van der Waals surface area contributed by atoms with Gasteiger partial charge in [-0.2, -0.15) is 0 Å². The molecule has 0 fully saturated rings. The number of phenolic OH excluding ortho intramolecular Hbond substituents is 3. The first-order valence-electron chi connectivity index (χ1n) is 5.45. The number of likely N-dealkylation sites (N-methyl/N-ethyl adjacent to an activating group) is 1. The fraction of sp³-hybridized carbons (Fsp3) is 0.250. The molecule has 0 aliphatic heterocycles. The number of hydrogen-bond acceptors (Lipinski definition) is 6. The van der Waals surface area contributed by atoms with Crippen molar-refractivity contribution in [3.63, 3.8) is 0 Å². The molecule has 1 aromatic carbocycles. The minimum atomic E-state index is -0.639. The molecule has 0 saturated heterocycles. The summed E-state index contributed by atoms with van der Waals surface area (Å²) >= 11 is 0. The van der Waals surface area contributed by atoms with Gasteiger partial charge in [0.2, 0.25) is 5.75 Å². The van der Waals surface area contributed by atoms with Gasteiger partial charge in [0, 0.05) is 5.56 Å². The molecule has 1 rings (SSSR count). The Balaban J connectivity index is 2.69. The normalized spacial score (nSPS) is 10.3. The van der Waals surface area contributed by atoms with Crippen LogP contribution < -0.4 is 10.9 Å². The van der Waals surface area contributed by atoms with Crippen molar-refractivity contribution in [2.75, 3.05) is 20.6 Å². The van der Waals surface area contributed by atoms with Gasteiger partial charge in [-0.3, -0.25) is 15.6 Å². The molecule has 0 heterocycles. The number of aromatic hydroxyl groups is 3. The van der Waals surface area contributed by atoms with Crippen LogP contribution in [0.3, 0.4) is 0 Å². The predicted molar refractivity (Wildman–Crippen MR) is 70.3 cm³/mol. The minimum absolute atomic E-state index is 0.167. The van der Waals surface area contributed by atoms with Crippen molar-refractivity contribution in [1.29, 1.82) is 0 Å². The van der Waals surface area contributed by atoms with E-state index in [1.807, 2.05) is 0 Å². The van der Waals surface area contributed by atoms with Gasteiger partial charge in [0.15, 0.2) is 11.5 Å². The van der Waals surface area contributed by atoms with Gasteiger partial charge in [0.1, 0.15) is 0 Å². The van der Waals surface area contributed by atoms with E-state index in [-0.39, 0.29) is 23.7 Å². The molecule has 0 spiro atoms. The van der Waals surface area contributed by atoms with Crippen molar-refractivity contribution in [2.24, 2.45) is 0 Å². The Morgan fingerprint density at radius 1 is 1.21 bits per heavy atom. The van der Waals surface area contributed by atoms with Crippen LogP contribution in [0.4, 0.5) is 0 Å². The number of carbonyl (C=O) groups is 1. The molecule has 1 aromatic rings. The van der Waals surface area contributed by atoms with E-state index in [9.17, 15) is 20.1 Å². The average molecular weight is 267 g/mol. The molecule has 0 aliphatic carbocycles. The summed E-state index contributed by atoms with van der Waals surface area (Å²) in [6.45, 7) is 3.80. The highest BCUT2D eigenvalue weighted by atomic mass is 16.3. The highest BCUT2D eigenvalue weighted by Gasteiger charge is 2.13. The monoisotopic (exact) mass is 267 g/mol. The van der Waals surface area contributed by atoms with Crippen LogP contribution in [-0.4, -0.2) is 46.8 Å². The van der Waals surface area contributed by atoms with Gasteiger partial charge in [-0.25, -0.2) is 0 Å². The summed E-state index contributed by atoms with van der Waals surface area (Å²) in [6.07, 6.45) is 0. The molecular formula is C12H17N3O4. The number of rotatable bonds is 5. The summed E-state index contributed by atoms with van der Waals surface area (Å²) < 4.78 is 0. The van der Waals surface area contributed by atoms with E-state index in [4.69, 9.17) is 0 Å². The maximum Gasteiger partial charge on any atom is 0.252 e. The predicted octanol–water partition coefficient (Wildman–Crippen LogP) is -0.0435. The lowest BCUT2D eigenvalue weighted by Crippen LogP contribution is -2.41. The number of hydrogen-bond donors (Lipinski definition) is 5. The van der Waals surface area contributed by atoms with Crippen molar-refractivity contribution in [3.8, 4) is 17.2 Å². The first-order chi connectivity index (χ1) is 8.82. The highest BCUT2D eigenvalue weighted by molar-refractivity contribution is 5.79. The van der Waals surface area contributed by atoms with Gasteiger partial charge in [-0.15, -0.1) is 0 Å². The summed E-state index contributed by atoms with van der Waals surface area (Å²) in [5.41, 5.74) is 5.25. The molecule has 19 heavy (non-hydrogen) atoms. The van der Waals surface area contributed by atoms with Gasteiger partial charge < -0.3 is 20.2 Å². The van der Waals surface area contributed by atoms with Crippen LogP contribution in [0.25, 0.3) is 5.70 Å². The van der Waals surface area contributed by atoms with Crippen LogP contribution in [0, 0.1) is 0 Å². The van der Waals surface area contributed by atoms with Gasteiger partial charge >= 0.3 is 0 Å². The van der Waals surface area contributed by atoms with Crippen LogP contribution >= 0.6 is 0 Å². The maximum absolute atomic E-state index is 11.4. The molecule has 5 N–H and O–H groups in total. The first kappa shape index (κ1) is 14.7. The number of amides is 1. The Morgan fingerprint density at radius 2 is 1.84 bits per heavy atom. The van der Waals surface area contributed by atoms with Crippen LogP contribution in [0.2, 0.25) is 0 Å². The van der Waals surface area contributed by atoms with Crippen molar-refractivity contribution >= 4 is 11.6 Å². The first-order valence-corrected chi connectivity index (χ1v) is 5.45. The number of benzene rings is 1. The van der Waals surface area contributed by atoms with E-state index in [1.165, 1.54) is 12.1 Å². The molecule has 0 radical (unpaired) electrons. The zero-order chi connectivity index (χ0) is 14.6. The third-order valence-electron chi connectivity index (χ3n) is 2.27. The zero-order valence-electron chi connectivity index (χ0n) is 10.8. The van der Waals surface area contributed by atoms with Crippen molar-refractivity contribution in [1.82, 2.24) is 15.8 Å². The molecule has 0 saturated carbocycles.